The highest BCUT2D eigenvalue weighted by molar-refractivity contribution is 7.16. The molecule has 0 aliphatic rings. The molecule has 0 saturated heterocycles. The van der Waals surface area contributed by atoms with Crippen molar-refractivity contribution >= 4 is 28.8 Å². The molecule has 1 N–H and O–H groups in total. The van der Waals surface area contributed by atoms with E-state index in [1.807, 2.05) is 32.9 Å². The van der Waals surface area contributed by atoms with Gasteiger partial charge in [-0.2, -0.15) is 5.10 Å². The molecule has 0 aliphatic heterocycles. The average Bonchev–Trinajstić information content (AvgIpc) is 3.05. The van der Waals surface area contributed by atoms with Crippen molar-refractivity contribution < 1.29 is 9.53 Å². The van der Waals surface area contributed by atoms with Gasteiger partial charge in [0, 0.05) is 11.9 Å². The third-order valence-corrected chi connectivity index (χ3v) is 4.36. The molecule has 0 fully saturated rings. The van der Waals surface area contributed by atoms with Crippen LogP contribution in [0.2, 0.25) is 4.34 Å². The van der Waals surface area contributed by atoms with Crippen molar-refractivity contribution in [3.05, 3.63) is 33.0 Å². The first-order valence-corrected chi connectivity index (χ1v) is 7.99. The second-order valence-electron chi connectivity index (χ2n) is 5.50. The number of carbonyl (C=O) groups excluding carboxylic acids is 1. The van der Waals surface area contributed by atoms with E-state index in [0.717, 1.165) is 4.88 Å². The summed E-state index contributed by atoms with van der Waals surface area (Å²) in [6, 6.07) is 3.74. The number of ether oxygens (including phenoxy) is 1. The van der Waals surface area contributed by atoms with Crippen LogP contribution < -0.4 is 0 Å². The molecule has 22 heavy (non-hydrogen) atoms. The van der Waals surface area contributed by atoms with Crippen LogP contribution in [0.4, 0.5) is 0 Å². The zero-order chi connectivity index (χ0) is 16.3. The summed E-state index contributed by atoms with van der Waals surface area (Å²) in [6.07, 6.45) is 0. The third-order valence-electron chi connectivity index (χ3n) is 3.14. The molecule has 0 aromatic carbocycles. The second kappa shape index (κ2) is 6.76. The minimum absolute atomic E-state index is 0.0316. The van der Waals surface area contributed by atoms with Gasteiger partial charge in [0.15, 0.2) is 5.82 Å². The van der Waals surface area contributed by atoms with Crippen molar-refractivity contribution in [3.8, 4) is 0 Å². The van der Waals surface area contributed by atoms with Gasteiger partial charge < -0.3 is 9.64 Å². The largest absolute Gasteiger partial charge is 0.358 e. The van der Waals surface area contributed by atoms with E-state index in [0.29, 0.717) is 22.5 Å². The van der Waals surface area contributed by atoms with Crippen LogP contribution >= 0.6 is 22.9 Å². The number of halogens is 1. The van der Waals surface area contributed by atoms with Crippen LogP contribution in [0.1, 0.15) is 30.4 Å². The Labute approximate surface area is 138 Å². The minimum atomic E-state index is -0.729. The molecule has 0 saturated carbocycles. The maximum Gasteiger partial charge on any atom is 0.248 e. The first-order chi connectivity index (χ1) is 10.3. The van der Waals surface area contributed by atoms with Crippen molar-refractivity contribution in [1.82, 2.24) is 20.1 Å². The smallest absolute Gasteiger partial charge is 0.248 e. The van der Waals surface area contributed by atoms with Crippen molar-refractivity contribution in [3.63, 3.8) is 0 Å². The van der Waals surface area contributed by atoms with Gasteiger partial charge in [0.05, 0.1) is 10.9 Å². The van der Waals surface area contributed by atoms with Crippen LogP contribution in [0.5, 0.6) is 0 Å². The zero-order valence-electron chi connectivity index (χ0n) is 13.0. The first-order valence-electron chi connectivity index (χ1n) is 6.79. The molecule has 8 heteroatoms. The predicted octanol–water partition coefficient (Wildman–Crippen LogP) is 2.74. The van der Waals surface area contributed by atoms with Gasteiger partial charge in [-0.05, 0) is 32.9 Å². The Morgan fingerprint density at radius 1 is 1.50 bits per heavy atom. The van der Waals surface area contributed by atoms with Crippen molar-refractivity contribution in [2.24, 2.45) is 0 Å². The van der Waals surface area contributed by atoms with E-state index in [2.05, 4.69) is 15.2 Å². The van der Waals surface area contributed by atoms with Gasteiger partial charge in [-0.3, -0.25) is 9.89 Å². The fraction of sp³-hybridized carbons (Fsp3) is 0.500. The number of hydrogen-bond acceptors (Lipinski definition) is 5. The molecule has 0 radical (unpaired) electrons. The maximum atomic E-state index is 12.2. The average molecular weight is 343 g/mol. The number of aromatic nitrogens is 3. The summed E-state index contributed by atoms with van der Waals surface area (Å²) >= 11 is 7.35. The van der Waals surface area contributed by atoms with Crippen LogP contribution in [0, 0.1) is 6.92 Å². The van der Waals surface area contributed by atoms with E-state index in [1.54, 1.807) is 11.9 Å². The molecule has 2 aromatic rings. The lowest BCUT2D eigenvalue weighted by Gasteiger charge is -2.23. The van der Waals surface area contributed by atoms with Gasteiger partial charge in [-0.1, -0.05) is 11.6 Å². The first kappa shape index (κ1) is 16.9. The number of thiophene rings is 1. The standard InChI is InChI=1S/C14H19ClN4O2S/c1-9-16-13(18-17-9)14(2,3)21-8-12(20)19(4)7-10-5-6-11(15)22-10/h5-6H,7-8H2,1-4H3,(H,16,17,18). The fourth-order valence-electron chi connectivity index (χ4n) is 1.79. The van der Waals surface area contributed by atoms with Crippen LogP contribution in [-0.2, 0) is 21.7 Å². The Kier molecular flexibility index (Phi) is 5.20. The molecular formula is C14H19ClN4O2S. The summed E-state index contributed by atoms with van der Waals surface area (Å²) < 4.78 is 6.41. The highest BCUT2D eigenvalue weighted by atomic mass is 35.5. The zero-order valence-corrected chi connectivity index (χ0v) is 14.6. The number of carbonyl (C=O) groups is 1. The Morgan fingerprint density at radius 3 is 2.77 bits per heavy atom. The van der Waals surface area contributed by atoms with E-state index < -0.39 is 5.60 Å². The lowest BCUT2D eigenvalue weighted by Crippen LogP contribution is -2.34. The Balaban J connectivity index is 1.88. The second-order valence-corrected chi connectivity index (χ2v) is 7.30. The van der Waals surface area contributed by atoms with E-state index in [1.165, 1.54) is 11.3 Å². The number of aromatic amines is 1. The van der Waals surface area contributed by atoms with Crippen molar-refractivity contribution in [2.45, 2.75) is 32.9 Å². The number of nitrogens with zero attached hydrogens (tertiary/aromatic N) is 3. The molecule has 0 spiro atoms. The topological polar surface area (TPSA) is 71.1 Å². The lowest BCUT2D eigenvalue weighted by molar-refractivity contribution is -0.142. The van der Waals surface area contributed by atoms with Gasteiger partial charge in [-0.15, -0.1) is 11.3 Å². The fourth-order valence-corrected chi connectivity index (χ4v) is 2.93. The molecule has 0 aliphatic carbocycles. The van der Waals surface area contributed by atoms with E-state index in [4.69, 9.17) is 16.3 Å². The molecule has 2 rings (SSSR count). The van der Waals surface area contributed by atoms with Gasteiger partial charge in [0.25, 0.3) is 0 Å². The van der Waals surface area contributed by atoms with E-state index in [-0.39, 0.29) is 12.5 Å². The molecule has 0 atom stereocenters. The number of rotatable bonds is 6. The summed E-state index contributed by atoms with van der Waals surface area (Å²) in [5.74, 6) is 1.14. The summed E-state index contributed by atoms with van der Waals surface area (Å²) in [5.41, 5.74) is -0.729. The number of nitrogens with one attached hydrogen (secondary N) is 1. The highest BCUT2D eigenvalue weighted by Gasteiger charge is 2.27. The Bertz CT molecular complexity index is 653. The summed E-state index contributed by atoms with van der Waals surface area (Å²) in [7, 11) is 1.74. The van der Waals surface area contributed by atoms with Crippen LogP contribution in [0.15, 0.2) is 12.1 Å². The van der Waals surface area contributed by atoms with Crippen molar-refractivity contribution in [2.75, 3.05) is 13.7 Å². The molecule has 0 unspecified atom stereocenters. The number of amides is 1. The third kappa shape index (κ3) is 4.28. The lowest BCUT2D eigenvalue weighted by atomic mass is 10.1. The molecule has 0 bridgehead atoms. The Hall–Kier alpha value is -1.44. The van der Waals surface area contributed by atoms with Gasteiger partial charge in [0.1, 0.15) is 18.0 Å². The molecule has 2 heterocycles. The quantitative estimate of drug-likeness (QED) is 0.876. The summed E-state index contributed by atoms with van der Waals surface area (Å²) in [6.45, 7) is 5.97. The van der Waals surface area contributed by atoms with Crippen LogP contribution in [0.25, 0.3) is 0 Å². The SMILES string of the molecule is Cc1nc(C(C)(C)OCC(=O)N(C)Cc2ccc(Cl)s2)n[nH]1. The summed E-state index contributed by atoms with van der Waals surface area (Å²) in [4.78, 5) is 19.1. The predicted molar refractivity (Wildman–Crippen MR) is 85.9 cm³/mol. The number of H-pyrrole nitrogens is 1. The molecule has 120 valence electrons. The molecular weight excluding hydrogens is 324 g/mol. The monoisotopic (exact) mass is 342 g/mol. The number of likely N-dealkylation sites (N-methyl/N-ethyl adjacent to an activating group) is 1. The molecule has 2 aromatic heterocycles. The van der Waals surface area contributed by atoms with E-state index >= 15 is 0 Å². The molecule has 1 amide bonds. The number of hydrogen-bond donors (Lipinski definition) is 1. The Morgan fingerprint density at radius 2 is 2.23 bits per heavy atom. The van der Waals surface area contributed by atoms with Gasteiger partial charge in [0.2, 0.25) is 5.91 Å². The van der Waals surface area contributed by atoms with Crippen molar-refractivity contribution in [1.29, 1.82) is 0 Å². The van der Waals surface area contributed by atoms with Gasteiger partial charge >= 0.3 is 0 Å². The summed E-state index contributed by atoms with van der Waals surface area (Å²) in [5, 5.41) is 6.85. The minimum Gasteiger partial charge on any atom is -0.358 e. The normalized spacial score (nSPS) is 11.7. The van der Waals surface area contributed by atoms with Crippen LogP contribution in [0.3, 0.4) is 0 Å². The highest BCUT2D eigenvalue weighted by Crippen LogP contribution is 2.23. The van der Waals surface area contributed by atoms with Crippen LogP contribution in [-0.4, -0.2) is 39.6 Å². The van der Waals surface area contributed by atoms with E-state index in [9.17, 15) is 4.79 Å². The molecule has 6 nitrogen and oxygen atoms in total. The maximum absolute atomic E-state index is 12.2. The van der Waals surface area contributed by atoms with Gasteiger partial charge in [-0.25, -0.2) is 4.98 Å². The number of aryl methyl sites for hydroxylation is 1.